The van der Waals surface area contributed by atoms with E-state index in [1.807, 2.05) is 0 Å². The lowest BCUT2D eigenvalue weighted by Crippen LogP contribution is -2.46. The van der Waals surface area contributed by atoms with Crippen molar-refractivity contribution in [3.05, 3.63) is 17.5 Å². The summed E-state index contributed by atoms with van der Waals surface area (Å²) < 4.78 is 6.81. The summed E-state index contributed by atoms with van der Waals surface area (Å²) >= 11 is 0. The Balaban J connectivity index is 2.04. The first-order valence-electron chi connectivity index (χ1n) is 6.54. The van der Waals surface area contributed by atoms with Gasteiger partial charge in [0.05, 0.1) is 17.2 Å². The number of carboxylic acids is 1. The van der Waals surface area contributed by atoms with Crippen LogP contribution in [0.4, 0.5) is 0 Å². The first-order chi connectivity index (χ1) is 9.46. The molecule has 0 bridgehead atoms. The minimum atomic E-state index is -0.927. The van der Waals surface area contributed by atoms with Crippen LogP contribution in [0.15, 0.2) is 6.20 Å². The highest BCUT2D eigenvalue weighted by Crippen LogP contribution is 2.30. The fourth-order valence-electron chi connectivity index (χ4n) is 2.29. The van der Waals surface area contributed by atoms with E-state index in [1.54, 1.807) is 18.7 Å². The number of nitrogens with one attached hydrogen (secondary N) is 1. The Bertz CT molecular complexity index is 518. The summed E-state index contributed by atoms with van der Waals surface area (Å²) in [6.45, 7) is 2.73. The number of aromatic nitrogens is 2. The van der Waals surface area contributed by atoms with Crippen LogP contribution in [0.2, 0.25) is 0 Å². The maximum absolute atomic E-state index is 12.1. The minimum Gasteiger partial charge on any atom is -0.481 e. The van der Waals surface area contributed by atoms with Crippen molar-refractivity contribution < 1.29 is 19.4 Å². The summed E-state index contributed by atoms with van der Waals surface area (Å²) in [6, 6.07) is 0. The highest BCUT2D eigenvalue weighted by atomic mass is 16.5. The Labute approximate surface area is 116 Å². The fourth-order valence-corrected chi connectivity index (χ4v) is 2.29. The molecule has 20 heavy (non-hydrogen) atoms. The van der Waals surface area contributed by atoms with Gasteiger partial charge in [-0.05, 0) is 19.8 Å². The molecule has 1 aromatic rings. The molecule has 1 fully saturated rings. The van der Waals surface area contributed by atoms with Gasteiger partial charge in [0.1, 0.15) is 0 Å². The van der Waals surface area contributed by atoms with Crippen molar-refractivity contribution >= 4 is 11.9 Å². The van der Waals surface area contributed by atoms with Gasteiger partial charge in [-0.1, -0.05) is 0 Å². The lowest BCUT2D eigenvalue weighted by Gasteiger charge is -2.33. The van der Waals surface area contributed by atoms with Gasteiger partial charge < -0.3 is 15.2 Å². The minimum absolute atomic E-state index is 0.110. The number of aliphatic carboxylic acids is 1. The maximum Gasteiger partial charge on any atom is 0.311 e. The van der Waals surface area contributed by atoms with Crippen LogP contribution in [0.3, 0.4) is 0 Å². The molecule has 0 aliphatic carbocycles. The van der Waals surface area contributed by atoms with E-state index in [-0.39, 0.29) is 12.5 Å². The Morgan fingerprint density at radius 3 is 2.65 bits per heavy atom. The van der Waals surface area contributed by atoms with Crippen molar-refractivity contribution in [1.82, 2.24) is 15.1 Å². The third kappa shape index (κ3) is 2.67. The number of amides is 1. The molecule has 1 amide bonds. The van der Waals surface area contributed by atoms with Crippen LogP contribution in [0.1, 0.15) is 28.9 Å². The van der Waals surface area contributed by atoms with Crippen LogP contribution in [0.25, 0.3) is 0 Å². The number of aryl methyl sites for hydroxylation is 1. The molecule has 2 heterocycles. The molecular weight excluding hydrogens is 262 g/mol. The molecule has 1 aliphatic heterocycles. The average Bonchev–Trinajstić information content (AvgIpc) is 2.77. The van der Waals surface area contributed by atoms with Crippen LogP contribution in [-0.2, 0) is 16.6 Å². The average molecular weight is 281 g/mol. The summed E-state index contributed by atoms with van der Waals surface area (Å²) in [4.78, 5) is 23.6. The second-order valence-corrected chi connectivity index (χ2v) is 5.15. The van der Waals surface area contributed by atoms with Crippen LogP contribution >= 0.6 is 0 Å². The van der Waals surface area contributed by atoms with E-state index in [4.69, 9.17) is 4.74 Å². The molecule has 2 rings (SSSR count). The third-order valence-electron chi connectivity index (χ3n) is 3.97. The predicted molar refractivity (Wildman–Crippen MR) is 70.4 cm³/mol. The quantitative estimate of drug-likeness (QED) is 0.830. The molecule has 0 aromatic carbocycles. The number of carbonyl (C=O) groups excluding carboxylic acids is 1. The van der Waals surface area contributed by atoms with Gasteiger partial charge in [-0.2, -0.15) is 5.10 Å². The van der Waals surface area contributed by atoms with Crippen LogP contribution in [-0.4, -0.2) is 46.5 Å². The largest absolute Gasteiger partial charge is 0.481 e. The molecule has 110 valence electrons. The SMILES string of the molecule is Cc1c(C(=O)NCC2(C(=O)O)CCOCC2)cnn1C. The van der Waals surface area contributed by atoms with Crippen molar-refractivity contribution in [2.24, 2.45) is 12.5 Å². The smallest absolute Gasteiger partial charge is 0.311 e. The van der Waals surface area contributed by atoms with E-state index < -0.39 is 11.4 Å². The Morgan fingerprint density at radius 2 is 2.15 bits per heavy atom. The third-order valence-corrected chi connectivity index (χ3v) is 3.97. The second-order valence-electron chi connectivity index (χ2n) is 5.15. The molecule has 0 saturated carbocycles. The molecular formula is C13H19N3O4. The molecule has 1 saturated heterocycles. The van der Waals surface area contributed by atoms with Crippen molar-refractivity contribution in [2.45, 2.75) is 19.8 Å². The van der Waals surface area contributed by atoms with E-state index in [9.17, 15) is 14.7 Å². The zero-order valence-electron chi connectivity index (χ0n) is 11.7. The monoisotopic (exact) mass is 281 g/mol. The van der Waals surface area contributed by atoms with Gasteiger partial charge in [-0.15, -0.1) is 0 Å². The Hall–Kier alpha value is -1.89. The van der Waals surface area contributed by atoms with Gasteiger partial charge in [0.15, 0.2) is 0 Å². The summed E-state index contributed by atoms with van der Waals surface area (Å²) in [6.07, 6.45) is 2.31. The molecule has 2 N–H and O–H groups in total. The fraction of sp³-hybridized carbons (Fsp3) is 0.615. The van der Waals surface area contributed by atoms with E-state index in [2.05, 4.69) is 10.4 Å². The molecule has 0 spiro atoms. The van der Waals surface area contributed by atoms with Gasteiger partial charge in [0.2, 0.25) is 0 Å². The van der Waals surface area contributed by atoms with Crippen LogP contribution in [0.5, 0.6) is 0 Å². The summed E-state index contributed by atoms with van der Waals surface area (Å²) in [7, 11) is 1.75. The Kier molecular flexibility index (Phi) is 4.08. The lowest BCUT2D eigenvalue weighted by atomic mass is 9.80. The van der Waals surface area contributed by atoms with Gasteiger partial charge >= 0.3 is 5.97 Å². The number of nitrogens with zero attached hydrogens (tertiary/aromatic N) is 2. The zero-order valence-corrected chi connectivity index (χ0v) is 11.7. The molecule has 1 aliphatic rings. The standard InChI is InChI=1S/C13H19N3O4/c1-9-10(7-15-16(9)2)11(17)14-8-13(12(18)19)3-5-20-6-4-13/h7H,3-6,8H2,1-2H3,(H,14,17)(H,18,19). The molecule has 0 radical (unpaired) electrons. The molecule has 1 aromatic heterocycles. The number of carboxylic acid groups (broad SMARTS) is 1. The summed E-state index contributed by atoms with van der Waals surface area (Å²) in [5.41, 5.74) is 0.295. The summed E-state index contributed by atoms with van der Waals surface area (Å²) in [5.74, 6) is -1.17. The van der Waals surface area contributed by atoms with Crippen molar-refractivity contribution in [1.29, 1.82) is 0 Å². The van der Waals surface area contributed by atoms with Crippen LogP contribution in [0, 0.1) is 12.3 Å². The lowest BCUT2D eigenvalue weighted by molar-refractivity contribution is -0.154. The van der Waals surface area contributed by atoms with Gasteiger partial charge in [-0.3, -0.25) is 14.3 Å². The number of ether oxygens (including phenoxy) is 1. The Morgan fingerprint density at radius 1 is 1.50 bits per heavy atom. The van der Waals surface area contributed by atoms with Gasteiger partial charge in [0.25, 0.3) is 5.91 Å². The van der Waals surface area contributed by atoms with Crippen LogP contribution < -0.4 is 5.32 Å². The topological polar surface area (TPSA) is 93.5 Å². The second kappa shape index (κ2) is 5.62. The van der Waals surface area contributed by atoms with E-state index in [0.717, 1.165) is 5.69 Å². The normalized spacial score (nSPS) is 17.7. The first-order valence-corrected chi connectivity index (χ1v) is 6.54. The summed E-state index contributed by atoms with van der Waals surface area (Å²) in [5, 5.41) is 16.1. The number of hydrogen-bond donors (Lipinski definition) is 2. The first kappa shape index (κ1) is 14.5. The highest BCUT2D eigenvalue weighted by Gasteiger charge is 2.40. The van der Waals surface area contributed by atoms with E-state index >= 15 is 0 Å². The van der Waals surface area contributed by atoms with Gasteiger partial charge in [-0.25, -0.2) is 0 Å². The van der Waals surface area contributed by atoms with Crippen molar-refractivity contribution in [3.63, 3.8) is 0 Å². The molecule has 0 atom stereocenters. The number of hydrogen-bond acceptors (Lipinski definition) is 4. The van der Waals surface area contributed by atoms with Crippen molar-refractivity contribution in [2.75, 3.05) is 19.8 Å². The number of rotatable bonds is 4. The zero-order chi connectivity index (χ0) is 14.8. The highest BCUT2D eigenvalue weighted by molar-refractivity contribution is 5.95. The molecule has 0 unspecified atom stereocenters. The number of carbonyl (C=O) groups is 2. The molecule has 7 heteroatoms. The maximum atomic E-state index is 12.1. The van der Waals surface area contributed by atoms with E-state index in [0.29, 0.717) is 31.6 Å². The molecule has 7 nitrogen and oxygen atoms in total. The van der Waals surface area contributed by atoms with Gasteiger partial charge in [0, 0.05) is 32.5 Å². The predicted octanol–water partition coefficient (Wildman–Crippen LogP) is 0.340. The van der Waals surface area contributed by atoms with Crippen molar-refractivity contribution in [3.8, 4) is 0 Å². The van der Waals surface area contributed by atoms with E-state index in [1.165, 1.54) is 6.20 Å².